The van der Waals surface area contributed by atoms with Gasteiger partial charge in [-0.25, -0.2) is 0 Å². The number of H-pyrrole nitrogens is 1. The summed E-state index contributed by atoms with van der Waals surface area (Å²) in [7, 11) is 3.28. The summed E-state index contributed by atoms with van der Waals surface area (Å²) in [5, 5.41) is 8.80. The molecule has 4 aromatic rings. The Hall–Kier alpha value is -3.41. The van der Waals surface area contributed by atoms with E-state index in [9.17, 15) is 0 Å². The second-order valence-corrected chi connectivity index (χ2v) is 6.72. The van der Waals surface area contributed by atoms with Gasteiger partial charge in [-0.1, -0.05) is 29.4 Å². The van der Waals surface area contributed by atoms with Crippen LogP contribution in [0.5, 0.6) is 11.5 Å². The van der Waals surface area contributed by atoms with Gasteiger partial charge in [-0.15, -0.1) is 0 Å². The molecular formula is C22H23N3O3. The number of nitrogens with one attached hydrogen (secondary N) is 2. The fourth-order valence-corrected chi connectivity index (χ4v) is 3.61. The zero-order chi connectivity index (χ0) is 19.7. The first-order valence-electron chi connectivity index (χ1n) is 9.09. The molecule has 144 valence electrons. The molecule has 28 heavy (non-hydrogen) atoms. The smallest absolute Gasteiger partial charge is 0.170 e. The number of ether oxygens (including phenoxy) is 2. The van der Waals surface area contributed by atoms with E-state index in [-0.39, 0.29) is 6.04 Å². The number of anilines is 1. The lowest BCUT2D eigenvalue weighted by molar-refractivity contribution is 0.354. The third-order valence-electron chi connectivity index (χ3n) is 4.89. The van der Waals surface area contributed by atoms with Gasteiger partial charge in [-0.2, -0.15) is 0 Å². The number of rotatable bonds is 6. The van der Waals surface area contributed by atoms with Gasteiger partial charge in [0.15, 0.2) is 17.3 Å². The van der Waals surface area contributed by atoms with Crippen molar-refractivity contribution in [1.29, 1.82) is 0 Å². The minimum atomic E-state index is -0.152. The topological polar surface area (TPSA) is 72.3 Å². The summed E-state index contributed by atoms with van der Waals surface area (Å²) in [4.78, 5) is 3.48. The number of methoxy groups -OCH3 is 2. The van der Waals surface area contributed by atoms with E-state index in [1.54, 1.807) is 14.2 Å². The van der Waals surface area contributed by atoms with E-state index in [1.165, 1.54) is 0 Å². The van der Waals surface area contributed by atoms with Gasteiger partial charge in [-0.3, -0.25) is 0 Å². The van der Waals surface area contributed by atoms with Crippen LogP contribution in [-0.2, 0) is 0 Å². The molecule has 2 aromatic heterocycles. The number of aryl methyl sites for hydroxylation is 2. The summed E-state index contributed by atoms with van der Waals surface area (Å²) in [6.45, 7) is 3.96. The molecule has 0 saturated carbocycles. The first-order valence-corrected chi connectivity index (χ1v) is 9.09. The molecule has 0 amide bonds. The predicted octanol–water partition coefficient (Wildman–Crippen LogP) is 4.99. The number of fused-ring (bicyclic) bond motifs is 1. The van der Waals surface area contributed by atoms with E-state index in [4.69, 9.17) is 14.0 Å². The van der Waals surface area contributed by atoms with Crippen LogP contribution in [0.25, 0.3) is 10.9 Å². The zero-order valence-electron chi connectivity index (χ0n) is 16.4. The van der Waals surface area contributed by atoms with Gasteiger partial charge >= 0.3 is 0 Å². The Bertz CT molecular complexity index is 1110. The number of hydrogen-bond donors (Lipinski definition) is 2. The van der Waals surface area contributed by atoms with Gasteiger partial charge in [0, 0.05) is 28.2 Å². The Morgan fingerprint density at radius 2 is 1.79 bits per heavy atom. The van der Waals surface area contributed by atoms with Crippen LogP contribution < -0.4 is 14.8 Å². The van der Waals surface area contributed by atoms with Crippen molar-refractivity contribution in [2.24, 2.45) is 0 Å². The first-order chi connectivity index (χ1) is 13.6. The Balaban J connectivity index is 1.88. The van der Waals surface area contributed by atoms with Gasteiger partial charge in [-0.05, 0) is 37.6 Å². The molecule has 2 N–H and O–H groups in total. The molecule has 0 aliphatic rings. The average Bonchev–Trinajstić information content (AvgIpc) is 3.27. The van der Waals surface area contributed by atoms with E-state index < -0.39 is 0 Å². The van der Waals surface area contributed by atoms with Gasteiger partial charge < -0.3 is 24.3 Å². The molecule has 0 spiro atoms. The lowest BCUT2D eigenvalue weighted by Gasteiger charge is -2.21. The largest absolute Gasteiger partial charge is 0.493 e. The highest BCUT2D eigenvalue weighted by molar-refractivity contribution is 5.86. The SMILES string of the molecule is COc1ccc([C@H](Nc2cc(C)on2)c2c(C)[nH]c3ccccc23)cc1OC. The van der Waals surface area contributed by atoms with Gasteiger partial charge in [0.1, 0.15) is 5.76 Å². The van der Waals surface area contributed by atoms with Crippen molar-refractivity contribution < 1.29 is 14.0 Å². The molecule has 6 nitrogen and oxygen atoms in total. The number of nitrogens with zero attached hydrogens (tertiary/aromatic N) is 1. The molecule has 2 aromatic carbocycles. The molecule has 4 rings (SSSR count). The van der Waals surface area contributed by atoms with E-state index in [2.05, 4.69) is 34.5 Å². The fraction of sp³-hybridized carbons (Fsp3) is 0.227. The second kappa shape index (κ2) is 7.31. The van der Waals surface area contributed by atoms with Gasteiger partial charge in [0.25, 0.3) is 0 Å². The lowest BCUT2D eigenvalue weighted by Crippen LogP contribution is -2.14. The average molecular weight is 377 g/mol. The van der Waals surface area contributed by atoms with Crippen LogP contribution in [0.1, 0.15) is 28.6 Å². The number of aromatic amines is 1. The summed E-state index contributed by atoms with van der Waals surface area (Å²) < 4.78 is 16.2. The molecule has 0 aliphatic heterocycles. The Morgan fingerprint density at radius 3 is 2.50 bits per heavy atom. The summed E-state index contributed by atoms with van der Waals surface area (Å²) in [6, 6.07) is 16.0. The maximum atomic E-state index is 5.52. The summed E-state index contributed by atoms with van der Waals surface area (Å²) in [6.07, 6.45) is 0. The van der Waals surface area contributed by atoms with Crippen LogP contribution >= 0.6 is 0 Å². The number of benzene rings is 2. The summed E-state index contributed by atoms with van der Waals surface area (Å²) in [5.41, 5.74) is 4.38. The molecule has 0 aliphatic carbocycles. The minimum absolute atomic E-state index is 0.152. The third kappa shape index (κ3) is 3.17. The van der Waals surface area contributed by atoms with Crippen molar-refractivity contribution in [3.05, 3.63) is 71.1 Å². The summed E-state index contributed by atoms with van der Waals surface area (Å²) >= 11 is 0. The number of hydrogen-bond acceptors (Lipinski definition) is 5. The van der Waals surface area contributed by atoms with E-state index in [0.717, 1.165) is 33.5 Å². The maximum Gasteiger partial charge on any atom is 0.170 e. The quantitative estimate of drug-likeness (QED) is 0.495. The van der Waals surface area contributed by atoms with Gasteiger partial charge in [0.2, 0.25) is 0 Å². The van der Waals surface area contributed by atoms with E-state index >= 15 is 0 Å². The van der Waals surface area contributed by atoms with Crippen molar-refractivity contribution in [2.75, 3.05) is 19.5 Å². The van der Waals surface area contributed by atoms with Crippen LogP contribution in [0, 0.1) is 13.8 Å². The molecule has 2 heterocycles. The normalized spacial score (nSPS) is 12.1. The highest BCUT2D eigenvalue weighted by atomic mass is 16.5. The molecule has 1 atom stereocenters. The standard InChI is InChI=1S/C22H23N3O3/c1-13-11-20(25-28-13)24-22(15-9-10-18(26-3)19(12-15)27-4)21-14(2)23-17-8-6-5-7-16(17)21/h5-12,22-23H,1-4H3,(H,24,25)/t22-/m0/s1. The third-order valence-corrected chi connectivity index (χ3v) is 4.89. The maximum absolute atomic E-state index is 5.52. The Kier molecular flexibility index (Phi) is 4.69. The molecular weight excluding hydrogens is 354 g/mol. The monoisotopic (exact) mass is 377 g/mol. The van der Waals surface area contributed by atoms with Crippen molar-refractivity contribution in [1.82, 2.24) is 10.1 Å². The zero-order valence-corrected chi connectivity index (χ0v) is 16.4. The fourth-order valence-electron chi connectivity index (χ4n) is 3.61. The Morgan fingerprint density at radius 1 is 1.00 bits per heavy atom. The van der Waals surface area contributed by atoms with Crippen molar-refractivity contribution in [2.45, 2.75) is 19.9 Å². The molecule has 6 heteroatoms. The van der Waals surface area contributed by atoms with E-state index in [1.807, 2.05) is 43.3 Å². The molecule has 0 unspecified atom stereocenters. The van der Waals surface area contributed by atoms with Gasteiger partial charge in [0.05, 0.1) is 20.3 Å². The molecule has 0 radical (unpaired) electrons. The molecule has 0 bridgehead atoms. The lowest BCUT2D eigenvalue weighted by atomic mass is 9.95. The highest BCUT2D eigenvalue weighted by Gasteiger charge is 2.23. The summed E-state index contributed by atoms with van der Waals surface area (Å²) in [5.74, 6) is 2.81. The molecule has 0 fully saturated rings. The van der Waals surface area contributed by atoms with E-state index in [0.29, 0.717) is 17.3 Å². The van der Waals surface area contributed by atoms with Crippen molar-refractivity contribution in [3.63, 3.8) is 0 Å². The number of aromatic nitrogens is 2. The van der Waals surface area contributed by atoms with Crippen molar-refractivity contribution in [3.8, 4) is 11.5 Å². The van der Waals surface area contributed by atoms with Crippen LogP contribution in [0.2, 0.25) is 0 Å². The second-order valence-electron chi connectivity index (χ2n) is 6.72. The highest BCUT2D eigenvalue weighted by Crippen LogP contribution is 2.37. The predicted molar refractivity (Wildman–Crippen MR) is 109 cm³/mol. The molecule has 0 saturated heterocycles. The van der Waals surface area contributed by atoms with Crippen LogP contribution in [-0.4, -0.2) is 24.4 Å². The van der Waals surface area contributed by atoms with Crippen LogP contribution in [0.4, 0.5) is 5.82 Å². The Labute approximate surface area is 163 Å². The minimum Gasteiger partial charge on any atom is -0.493 e. The number of para-hydroxylation sites is 1. The first kappa shape index (κ1) is 18.0. The van der Waals surface area contributed by atoms with Crippen LogP contribution in [0.15, 0.2) is 53.1 Å². The van der Waals surface area contributed by atoms with Crippen LogP contribution in [0.3, 0.4) is 0 Å². The van der Waals surface area contributed by atoms with Crippen molar-refractivity contribution >= 4 is 16.7 Å².